The first-order valence-electron chi connectivity index (χ1n) is 6.49. The van der Waals surface area contributed by atoms with Gasteiger partial charge in [0.2, 0.25) is 0 Å². The van der Waals surface area contributed by atoms with Crippen molar-refractivity contribution < 1.29 is 4.74 Å². The molecule has 4 heteroatoms. The molecule has 1 aromatic carbocycles. The van der Waals surface area contributed by atoms with Crippen LogP contribution in [0.4, 0.5) is 0 Å². The Morgan fingerprint density at radius 3 is 2.83 bits per heavy atom. The summed E-state index contributed by atoms with van der Waals surface area (Å²) in [7, 11) is 0. The fraction of sp³-hybridized carbons (Fsp3) is 0.571. The predicted molar refractivity (Wildman–Crippen MR) is 79.6 cm³/mol. The highest BCUT2D eigenvalue weighted by Crippen LogP contribution is 2.26. The van der Waals surface area contributed by atoms with E-state index in [0.29, 0.717) is 0 Å². The van der Waals surface area contributed by atoms with E-state index in [9.17, 15) is 0 Å². The van der Waals surface area contributed by atoms with Crippen LogP contribution in [0.25, 0.3) is 0 Å². The van der Waals surface area contributed by atoms with Gasteiger partial charge in [-0.1, -0.05) is 30.7 Å². The van der Waals surface area contributed by atoms with Gasteiger partial charge in [0.25, 0.3) is 0 Å². The molecule has 2 unspecified atom stereocenters. The molecule has 2 rings (SSSR count). The van der Waals surface area contributed by atoms with Crippen LogP contribution in [0.15, 0.2) is 24.3 Å². The minimum Gasteiger partial charge on any atom is -0.375 e. The number of hydrogen-bond donors (Lipinski definition) is 1. The van der Waals surface area contributed by atoms with Crippen molar-refractivity contribution in [3.63, 3.8) is 0 Å². The van der Waals surface area contributed by atoms with Gasteiger partial charge in [-0.05, 0) is 30.7 Å². The Morgan fingerprint density at radius 2 is 2.22 bits per heavy atom. The van der Waals surface area contributed by atoms with Crippen molar-refractivity contribution in [1.82, 2.24) is 5.32 Å². The average molecular weight is 286 g/mol. The zero-order valence-electron chi connectivity index (χ0n) is 10.7. The number of thioether (sulfide) groups is 1. The summed E-state index contributed by atoms with van der Waals surface area (Å²) in [6.07, 6.45) is 1.39. The third-order valence-electron chi connectivity index (χ3n) is 3.06. The maximum absolute atomic E-state index is 5.95. The van der Waals surface area contributed by atoms with Crippen LogP contribution in [0.3, 0.4) is 0 Å². The molecule has 1 aromatic rings. The van der Waals surface area contributed by atoms with Gasteiger partial charge in [-0.3, -0.25) is 0 Å². The number of halogens is 1. The monoisotopic (exact) mass is 285 g/mol. The van der Waals surface area contributed by atoms with Crippen LogP contribution in [-0.4, -0.2) is 30.8 Å². The number of ether oxygens (including phenoxy) is 1. The molecule has 2 atom stereocenters. The van der Waals surface area contributed by atoms with E-state index < -0.39 is 0 Å². The summed E-state index contributed by atoms with van der Waals surface area (Å²) in [6, 6.07) is 8.37. The van der Waals surface area contributed by atoms with Crippen LogP contribution in [0.5, 0.6) is 0 Å². The Bertz CT molecular complexity index is 351. The zero-order chi connectivity index (χ0) is 12.8. The second kappa shape index (κ2) is 7.39. The van der Waals surface area contributed by atoms with E-state index in [4.69, 9.17) is 16.3 Å². The number of benzene rings is 1. The van der Waals surface area contributed by atoms with E-state index in [1.165, 1.54) is 5.56 Å². The smallest absolute Gasteiger partial charge is 0.0860 e. The van der Waals surface area contributed by atoms with E-state index in [1.54, 1.807) is 0 Å². The van der Waals surface area contributed by atoms with Gasteiger partial charge >= 0.3 is 0 Å². The van der Waals surface area contributed by atoms with Crippen LogP contribution in [0, 0.1) is 0 Å². The Hall–Kier alpha value is -0.220. The quantitative estimate of drug-likeness (QED) is 0.894. The summed E-state index contributed by atoms with van der Waals surface area (Å²) in [5.74, 6) is 2.17. The molecule has 1 aliphatic rings. The van der Waals surface area contributed by atoms with Crippen molar-refractivity contribution in [2.45, 2.75) is 25.5 Å². The van der Waals surface area contributed by atoms with E-state index in [0.717, 1.165) is 36.1 Å². The molecule has 2 nitrogen and oxygen atoms in total. The lowest BCUT2D eigenvalue weighted by atomic mass is 10.0. The molecule has 1 fully saturated rings. The van der Waals surface area contributed by atoms with Gasteiger partial charge in [-0.25, -0.2) is 0 Å². The first-order chi connectivity index (χ1) is 8.81. The van der Waals surface area contributed by atoms with Gasteiger partial charge in [0.05, 0.1) is 18.8 Å². The molecule has 0 aromatic heterocycles. The normalized spacial score (nSPS) is 21.8. The maximum Gasteiger partial charge on any atom is 0.0860 e. The Morgan fingerprint density at radius 1 is 1.44 bits per heavy atom. The molecule has 1 heterocycles. The van der Waals surface area contributed by atoms with Crippen molar-refractivity contribution in [3.8, 4) is 0 Å². The van der Waals surface area contributed by atoms with Gasteiger partial charge < -0.3 is 10.1 Å². The van der Waals surface area contributed by atoms with Gasteiger partial charge in [0, 0.05) is 16.5 Å². The zero-order valence-corrected chi connectivity index (χ0v) is 12.3. The topological polar surface area (TPSA) is 21.3 Å². The standard InChI is InChI=1S/C14H20ClNOS/c1-2-7-16-14(13-10-18-9-8-17-13)11-3-5-12(15)6-4-11/h3-6,13-14,16H,2,7-10H2,1H3. The molecule has 0 saturated carbocycles. The molecule has 1 saturated heterocycles. The molecular formula is C14H20ClNOS. The summed E-state index contributed by atoms with van der Waals surface area (Å²) < 4.78 is 5.91. The van der Waals surface area contributed by atoms with Crippen molar-refractivity contribution in [2.75, 3.05) is 24.7 Å². The second-order valence-electron chi connectivity index (χ2n) is 4.47. The molecule has 1 aliphatic heterocycles. The Kier molecular flexibility index (Phi) is 5.83. The largest absolute Gasteiger partial charge is 0.375 e. The molecule has 0 spiro atoms. The van der Waals surface area contributed by atoms with Gasteiger partial charge in [0.1, 0.15) is 0 Å². The highest BCUT2D eigenvalue weighted by molar-refractivity contribution is 7.99. The van der Waals surface area contributed by atoms with Crippen LogP contribution in [0.2, 0.25) is 5.02 Å². The summed E-state index contributed by atoms with van der Waals surface area (Å²) in [5.41, 5.74) is 1.26. The summed E-state index contributed by atoms with van der Waals surface area (Å²) in [4.78, 5) is 0. The molecule has 0 radical (unpaired) electrons. The lowest BCUT2D eigenvalue weighted by Crippen LogP contribution is -2.38. The maximum atomic E-state index is 5.95. The summed E-state index contributed by atoms with van der Waals surface area (Å²) >= 11 is 7.92. The molecule has 100 valence electrons. The fourth-order valence-corrected chi connectivity index (χ4v) is 3.16. The predicted octanol–water partition coefficient (Wildman–Crippen LogP) is 3.51. The van der Waals surface area contributed by atoms with Gasteiger partial charge in [-0.15, -0.1) is 0 Å². The SMILES string of the molecule is CCCNC(c1ccc(Cl)cc1)C1CSCCO1. The highest BCUT2D eigenvalue weighted by Gasteiger charge is 2.25. The Balaban J connectivity index is 2.10. The van der Waals surface area contributed by atoms with Crippen LogP contribution in [-0.2, 0) is 4.74 Å². The van der Waals surface area contributed by atoms with Crippen molar-refractivity contribution in [1.29, 1.82) is 0 Å². The third-order valence-corrected chi connectivity index (χ3v) is 4.33. The lowest BCUT2D eigenvalue weighted by molar-refractivity contribution is 0.0468. The summed E-state index contributed by atoms with van der Waals surface area (Å²) in [6.45, 7) is 4.05. The second-order valence-corrected chi connectivity index (χ2v) is 6.05. The van der Waals surface area contributed by atoms with Crippen LogP contribution >= 0.6 is 23.4 Å². The lowest BCUT2D eigenvalue weighted by Gasteiger charge is -2.31. The van der Waals surface area contributed by atoms with E-state index >= 15 is 0 Å². The van der Waals surface area contributed by atoms with Crippen molar-refractivity contribution in [3.05, 3.63) is 34.9 Å². The average Bonchev–Trinajstić information content (AvgIpc) is 2.42. The molecule has 0 amide bonds. The van der Waals surface area contributed by atoms with E-state index in [1.807, 2.05) is 23.9 Å². The molecule has 18 heavy (non-hydrogen) atoms. The minimum absolute atomic E-state index is 0.261. The molecule has 0 aliphatic carbocycles. The number of rotatable bonds is 5. The summed E-state index contributed by atoms with van der Waals surface area (Å²) in [5, 5.41) is 4.38. The fourth-order valence-electron chi connectivity index (χ4n) is 2.13. The number of nitrogens with one attached hydrogen (secondary N) is 1. The third kappa shape index (κ3) is 3.89. The highest BCUT2D eigenvalue weighted by atomic mass is 35.5. The first-order valence-corrected chi connectivity index (χ1v) is 8.02. The molecule has 0 bridgehead atoms. The van der Waals surface area contributed by atoms with Crippen LogP contribution < -0.4 is 5.32 Å². The molecule has 1 N–H and O–H groups in total. The van der Waals surface area contributed by atoms with Crippen LogP contribution in [0.1, 0.15) is 24.9 Å². The van der Waals surface area contributed by atoms with Gasteiger partial charge in [-0.2, -0.15) is 11.8 Å². The van der Waals surface area contributed by atoms with E-state index in [-0.39, 0.29) is 12.1 Å². The first kappa shape index (κ1) is 14.2. The van der Waals surface area contributed by atoms with Gasteiger partial charge in [0.15, 0.2) is 0 Å². The minimum atomic E-state index is 0.261. The van der Waals surface area contributed by atoms with Crippen molar-refractivity contribution in [2.24, 2.45) is 0 Å². The number of hydrogen-bond acceptors (Lipinski definition) is 3. The van der Waals surface area contributed by atoms with Crippen molar-refractivity contribution >= 4 is 23.4 Å². The van der Waals surface area contributed by atoms with E-state index in [2.05, 4.69) is 24.4 Å². The Labute approximate surface area is 118 Å². The molecular weight excluding hydrogens is 266 g/mol.